The van der Waals surface area contributed by atoms with Crippen molar-refractivity contribution in [1.82, 2.24) is 4.90 Å². The molecule has 2 aliphatic rings. The fourth-order valence-corrected chi connectivity index (χ4v) is 5.83. The summed E-state index contributed by atoms with van der Waals surface area (Å²) in [4.78, 5) is 14.2. The average molecular weight is 542 g/mol. The summed E-state index contributed by atoms with van der Waals surface area (Å²) in [5.41, 5.74) is 3.57. The predicted octanol–water partition coefficient (Wildman–Crippen LogP) is 9.22. The Morgan fingerprint density at radius 1 is 0.800 bits per heavy atom. The van der Waals surface area contributed by atoms with Crippen LogP contribution in [0, 0.1) is 5.92 Å². The lowest BCUT2D eigenvalue weighted by atomic mass is 9.81. The molecule has 1 saturated carbocycles. The molecule has 3 aromatic carbocycles. The van der Waals surface area contributed by atoms with Crippen LogP contribution in [0.15, 0.2) is 72.8 Å². The summed E-state index contributed by atoms with van der Waals surface area (Å²) >= 11 is 0. The monoisotopic (exact) mass is 541 g/mol. The van der Waals surface area contributed by atoms with Crippen LogP contribution < -0.4 is 9.47 Å². The van der Waals surface area contributed by atoms with Gasteiger partial charge < -0.3 is 19.1 Å². The Bertz CT molecular complexity index is 1250. The van der Waals surface area contributed by atoms with Crippen molar-refractivity contribution in [2.24, 2.45) is 5.92 Å². The third-order valence-corrected chi connectivity index (χ3v) is 7.99. The molecule has 1 amide bonds. The maximum absolute atomic E-state index is 12.4. The van der Waals surface area contributed by atoms with Crippen molar-refractivity contribution in [2.75, 3.05) is 19.7 Å². The SMILES string of the molecule is CC(C)(C)OC(=O)N1CCC(COc2ccccc2Oc2ccc(-c3ccccc3C3CCCCC3)cc2)CC1. The Morgan fingerprint density at radius 2 is 1.45 bits per heavy atom. The van der Waals surface area contributed by atoms with Gasteiger partial charge in [-0.3, -0.25) is 0 Å². The van der Waals surface area contributed by atoms with Crippen molar-refractivity contribution in [3.05, 3.63) is 78.4 Å². The zero-order valence-corrected chi connectivity index (χ0v) is 24.2. The maximum Gasteiger partial charge on any atom is 0.410 e. The zero-order chi connectivity index (χ0) is 28.0. The molecule has 0 N–H and O–H groups in total. The highest BCUT2D eigenvalue weighted by Gasteiger charge is 2.27. The number of benzene rings is 3. The number of piperidine rings is 1. The molecule has 0 radical (unpaired) electrons. The second-order valence-electron chi connectivity index (χ2n) is 12.2. The van der Waals surface area contributed by atoms with Gasteiger partial charge in [-0.1, -0.05) is 67.8 Å². The van der Waals surface area contributed by atoms with Gasteiger partial charge in [0.15, 0.2) is 11.5 Å². The average Bonchev–Trinajstić information content (AvgIpc) is 2.97. The van der Waals surface area contributed by atoms with E-state index < -0.39 is 5.60 Å². The number of para-hydroxylation sites is 2. The first-order chi connectivity index (χ1) is 19.4. The van der Waals surface area contributed by atoms with Crippen LogP contribution in [0.25, 0.3) is 11.1 Å². The topological polar surface area (TPSA) is 48.0 Å². The van der Waals surface area contributed by atoms with Crippen molar-refractivity contribution in [1.29, 1.82) is 0 Å². The molecule has 0 bridgehead atoms. The summed E-state index contributed by atoms with van der Waals surface area (Å²) in [6.45, 7) is 7.68. The maximum atomic E-state index is 12.4. The first-order valence-corrected chi connectivity index (χ1v) is 14.9. The molecule has 212 valence electrons. The minimum absolute atomic E-state index is 0.228. The van der Waals surface area contributed by atoms with Crippen molar-refractivity contribution >= 4 is 6.09 Å². The standard InChI is InChI=1S/C35H43NO4/c1-35(2,3)40-34(37)36-23-21-26(22-24-36)25-38-32-15-9-10-16-33(32)39-29-19-17-28(18-20-29)31-14-8-7-13-30(31)27-11-5-4-6-12-27/h7-10,13-20,26-27H,4-6,11-12,21-25H2,1-3H3. The predicted molar refractivity (Wildman–Crippen MR) is 160 cm³/mol. The van der Waals surface area contributed by atoms with Gasteiger partial charge in [0.2, 0.25) is 0 Å². The van der Waals surface area contributed by atoms with Crippen LogP contribution in [0.2, 0.25) is 0 Å². The van der Waals surface area contributed by atoms with E-state index in [-0.39, 0.29) is 6.09 Å². The third kappa shape index (κ3) is 7.38. The summed E-state index contributed by atoms with van der Waals surface area (Å²) in [6.07, 6.45) is 8.17. The number of hydrogen-bond acceptors (Lipinski definition) is 4. The summed E-state index contributed by atoms with van der Waals surface area (Å²) in [5, 5.41) is 0. The molecule has 5 heteroatoms. The molecule has 0 spiro atoms. The molecular weight excluding hydrogens is 498 g/mol. The van der Waals surface area contributed by atoms with Crippen LogP contribution in [0.4, 0.5) is 4.79 Å². The minimum Gasteiger partial charge on any atom is -0.489 e. The fourth-order valence-electron chi connectivity index (χ4n) is 5.83. The van der Waals surface area contributed by atoms with Gasteiger partial charge in [0.25, 0.3) is 0 Å². The van der Waals surface area contributed by atoms with Crippen molar-refractivity contribution in [3.63, 3.8) is 0 Å². The number of hydrogen-bond donors (Lipinski definition) is 0. The van der Waals surface area contributed by atoms with Crippen LogP contribution in [0.3, 0.4) is 0 Å². The quantitative estimate of drug-likeness (QED) is 0.299. The molecule has 2 fully saturated rings. The van der Waals surface area contributed by atoms with Gasteiger partial charge in [-0.2, -0.15) is 0 Å². The molecule has 1 saturated heterocycles. The molecule has 1 heterocycles. The molecule has 0 aromatic heterocycles. The Morgan fingerprint density at radius 3 is 2.15 bits per heavy atom. The van der Waals surface area contributed by atoms with Crippen molar-refractivity contribution in [2.45, 2.75) is 77.2 Å². The summed E-state index contributed by atoms with van der Waals surface area (Å²) in [5.74, 6) is 3.29. The first kappa shape index (κ1) is 28.1. The van der Waals surface area contributed by atoms with Crippen LogP contribution in [0.1, 0.15) is 77.2 Å². The Balaban J connectivity index is 1.18. The molecule has 1 aliphatic carbocycles. The highest BCUT2D eigenvalue weighted by atomic mass is 16.6. The molecule has 3 aromatic rings. The second-order valence-corrected chi connectivity index (χ2v) is 12.2. The number of carbonyl (C=O) groups is 1. The largest absolute Gasteiger partial charge is 0.489 e. The van der Waals surface area contributed by atoms with E-state index in [9.17, 15) is 4.79 Å². The van der Waals surface area contributed by atoms with Crippen LogP contribution in [0.5, 0.6) is 17.2 Å². The lowest BCUT2D eigenvalue weighted by Gasteiger charge is -2.33. The van der Waals surface area contributed by atoms with E-state index in [2.05, 4.69) is 48.5 Å². The number of likely N-dealkylation sites (tertiary alicyclic amines) is 1. The molecule has 1 aliphatic heterocycles. The zero-order valence-electron chi connectivity index (χ0n) is 24.2. The lowest BCUT2D eigenvalue weighted by Crippen LogP contribution is -2.42. The normalized spacial score (nSPS) is 16.9. The third-order valence-electron chi connectivity index (χ3n) is 7.99. The van der Waals surface area contributed by atoms with Gasteiger partial charge in [-0.15, -0.1) is 0 Å². The number of carbonyl (C=O) groups excluding carboxylic acids is 1. The highest BCUT2D eigenvalue weighted by molar-refractivity contribution is 5.69. The van der Waals surface area contributed by atoms with E-state index >= 15 is 0 Å². The number of amides is 1. The lowest BCUT2D eigenvalue weighted by molar-refractivity contribution is 0.0164. The Labute approximate surface area is 239 Å². The van der Waals surface area contributed by atoms with Gasteiger partial charge in [0.05, 0.1) is 6.61 Å². The van der Waals surface area contributed by atoms with Crippen molar-refractivity contribution < 1.29 is 19.0 Å². The van der Waals surface area contributed by atoms with Crippen LogP contribution in [-0.4, -0.2) is 36.3 Å². The molecule has 40 heavy (non-hydrogen) atoms. The smallest absolute Gasteiger partial charge is 0.410 e. The number of rotatable bonds is 7. The van der Waals surface area contributed by atoms with Gasteiger partial charge in [0, 0.05) is 13.1 Å². The fraction of sp³-hybridized carbons (Fsp3) is 0.457. The molecule has 5 nitrogen and oxygen atoms in total. The van der Waals surface area contributed by atoms with E-state index in [4.69, 9.17) is 14.2 Å². The number of ether oxygens (including phenoxy) is 3. The molecule has 0 unspecified atom stereocenters. The van der Waals surface area contributed by atoms with Gasteiger partial charge >= 0.3 is 6.09 Å². The van der Waals surface area contributed by atoms with Crippen LogP contribution >= 0.6 is 0 Å². The molecule has 5 rings (SSSR count). The van der Waals surface area contributed by atoms with E-state index in [0.717, 1.165) is 24.3 Å². The number of nitrogens with zero attached hydrogens (tertiary/aromatic N) is 1. The van der Waals surface area contributed by atoms with Gasteiger partial charge in [0.1, 0.15) is 11.4 Å². The van der Waals surface area contributed by atoms with E-state index in [1.54, 1.807) is 4.90 Å². The first-order valence-electron chi connectivity index (χ1n) is 14.9. The van der Waals surface area contributed by atoms with Crippen molar-refractivity contribution in [3.8, 4) is 28.4 Å². The van der Waals surface area contributed by atoms with E-state index in [1.807, 2.05) is 45.0 Å². The Hall–Kier alpha value is -3.47. The van der Waals surface area contributed by atoms with Gasteiger partial charge in [-0.25, -0.2) is 4.79 Å². The van der Waals surface area contributed by atoms with E-state index in [1.165, 1.54) is 48.8 Å². The summed E-state index contributed by atoms with van der Waals surface area (Å²) < 4.78 is 18.0. The summed E-state index contributed by atoms with van der Waals surface area (Å²) in [7, 11) is 0. The molecular formula is C35H43NO4. The van der Waals surface area contributed by atoms with E-state index in [0.29, 0.717) is 37.3 Å². The van der Waals surface area contributed by atoms with Crippen LogP contribution in [-0.2, 0) is 4.74 Å². The second kappa shape index (κ2) is 12.8. The summed E-state index contributed by atoms with van der Waals surface area (Å²) in [6, 6.07) is 25.2. The van der Waals surface area contributed by atoms with Gasteiger partial charge in [-0.05, 0) is 99.2 Å². The Kier molecular flexibility index (Phi) is 8.98. The highest BCUT2D eigenvalue weighted by Crippen LogP contribution is 2.39. The minimum atomic E-state index is -0.472. The molecule has 0 atom stereocenters.